The maximum atomic E-state index is 13.9. The molecule has 0 radical (unpaired) electrons. The van der Waals surface area contributed by atoms with Gasteiger partial charge in [0.15, 0.2) is 11.7 Å². The van der Waals surface area contributed by atoms with E-state index in [1.807, 2.05) is 6.92 Å². The van der Waals surface area contributed by atoms with Crippen LogP contribution in [0.5, 0.6) is 5.75 Å². The van der Waals surface area contributed by atoms with E-state index in [1.165, 1.54) is 7.11 Å². The van der Waals surface area contributed by atoms with Gasteiger partial charge in [0.25, 0.3) is 5.91 Å². The second kappa shape index (κ2) is 8.26. The number of aromatic nitrogens is 2. The highest BCUT2D eigenvalue weighted by molar-refractivity contribution is 6.36. The summed E-state index contributed by atoms with van der Waals surface area (Å²) in [5.41, 5.74) is 0.527. The number of amides is 1. The lowest BCUT2D eigenvalue weighted by Crippen LogP contribution is -2.42. The second-order valence-electron chi connectivity index (χ2n) is 8.06. The van der Waals surface area contributed by atoms with Crippen molar-refractivity contribution < 1.29 is 22.7 Å². The van der Waals surface area contributed by atoms with E-state index in [0.717, 1.165) is 23.9 Å². The first-order valence-corrected chi connectivity index (χ1v) is 10.6. The lowest BCUT2D eigenvalue weighted by atomic mass is 9.97. The minimum Gasteiger partial charge on any atom is -0.497 e. The molecular weight excluding hydrogens is 433 g/mol. The summed E-state index contributed by atoms with van der Waals surface area (Å²) in [7, 11) is 1.52. The highest BCUT2D eigenvalue weighted by atomic mass is 35.5. The van der Waals surface area contributed by atoms with Gasteiger partial charge in [-0.15, -0.1) is 0 Å². The maximum absolute atomic E-state index is 13.9. The molecule has 2 aliphatic heterocycles. The third kappa shape index (κ3) is 4.07. The summed E-state index contributed by atoms with van der Waals surface area (Å²) in [5, 5.41) is 7.05. The van der Waals surface area contributed by atoms with Crippen LogP contribution in [0.1, 0.15) is 60.7 Å². The third-order valence-electron chi connectivity index (χ3n) is 6.08. The summed E-state index contributed by atoms with van der Waals surface area (Å²) >= 11 is 6.44. The third-order valence-corrected chi connectivity index (χ3v) is 6.44. The number of carbonyl (C=O) groups is 1. The molecule has 1 aromatic heterocycles. The average molecular weight is 457 g/mol. The summed E-state index contributed by atoms with van der Waals surface area (Å²) in [6, 6.07) is 4.27. The molecule has 2 aromatic rings. The van der Waals surface area contributed by atoms with Gasteiger partial charge in [0.1, 0.15) is 16.6 Å². The average Bonchev–Trinajstić information content (AvgIpc) is 3.09. The highest BCUT2D eigenvalue weighted by Gasteiger charge is 2.48. The van der Waals surface area contributed by atoms with Gasteiger partial charge in [0.05, 0.1) is 13.2 Å². The zero-order chi connectivity index (χ0) is 22.3. The van der Waals surface area contributed by atoms with Crippen LogP contribution >= 0.6 is 11.6 Å². The van der Waals surface area contributed by atoms with Crippen molar-refractivity contribution in [3.05, 3.63) is 40.5 Å². The number of alkyl halides is 3. The van der Waals surface area contributed by atoms with Crippen LogP contribution in [0.2, 0.25) is 5.02 Å². The Balaban J connectivity index is 1.71. The van der Waals surface area contributed by atoms with Gasteiger partial charge >= 0.3 is 6.18 Å². The van der Waals surface area contributed by atoms with Gasteiger partial charge in [-0.2, -0.15) is 18.3 Å². The maximum Gasteiger partial charge on any atom is 0.410 e. The molecule has 0 spiro atoms. The number of fused-ring (bicyclic) bond motifs is 1. The minimum atomic E-state index is -4.55. The lowest BCUT2D eigenvalue weighted by molar-refractivity contribution is -0.173. The molecule has 1 aromatic carbocycles. The van der Waals surface area contributed by atoms with Gasteiger partial charge in [0.2, 0.25) is 0 Å². The van der Waals surface area contributed by atoms with E-state index in [0.29, 0.717) is 17.9 Å². The zero-order valence-corrected chi connectivity index (χ0v) is 18.0. The quantitative estimate of drug-likeness (QED) is 0.688. The Morgan fingerprint density at radius 3 is 2.58 bits per heavy atom. The summed E-state index contributed by atoms with van der Waals surface area (Å²) < 4.78 is 47.8. The molecular formula is C21H24ClF3N4O2. The molecule has 31 heavy (non-hydrogen) atoms. The number of methoxy groups -OCH3 is 1. The molecule has 0 unspecified atom stereocenters. The van der Waals surface area contributed by atoms with Crippen LogP contribution in [0.15, 0.2) is 24.3 Å². The molecule has 1 N–H and O–H groups in total. The molecule has 1 fully saturated rings. The van der Waals surface area contributed by atoms with Gasteiger partial charge < -0.3 is 15.0 Å². The molecule has 0 bridgehead atoms. The number of rotatable bonds is 3. The first kappa shape index (κ1) is 21.8. The number of carbonyl (C=O) groups excluding carboxylic acids is 1. The first-order chi connectivity index (χ1) is 14.7. The Hall–Kier alpha value is -2.42. The molecule has 0 saturated carbocycles. The Morgan fingerprint density at radius 1 is 1.26 bits per heavy atom. The van der Waals surface area contributed by atoms with E-state index in [2.05, 4.69) is 10.4 Å². The van der Waals surface area contributed by atoms with Crippen LogP contribution in [0.4, 0.5) is 19.0 Å². The van der Waals surface area contributed by atoms with Crippen molar-refractivity contribution in [2.24, 2.45) is 0 Å². The SMILES string of the molecule is COc1ccc([C@H]2C[C@H](C(F)(F)F)n3nc(C(=O)N4CCCC[C@H]4C)c(Cl)c3N2)cc1. The number of nitrogens with one attached hydrogen (secondary N) is 1. The number of likely N-dealkylation sites (tertiary alicyclic amines) is 1. The zero-order valence-electron chi connectivity index (χ0n) is 17.2. The van der Waals surface area contributed by atoms with Gasteiger partial charge in [0, 0.05) is 19.0 Å². The summed E-state index contributed by atoms with van der Waals surface area (Å²) in [6.07, 6.45) is -2.10. The molecule has 10 heteroatoms. The van der Waals surface area contributed by atoms with E-state index in [4.69, 9.17) is 16.3 Å². The summed E-state index contributed by atoms with van der Waals surface area (Å²) in [5.74, 6) is 0.199. The number of hydrogen-bond acceptors (Lipinski definition) is 4. The van der Waals surface area contributed by atoms with Crippen molar-refractivity contribution in [1.29, 1.82) is 0 Å². The summed E-state index contributed by atoms with van der Waals surface area (Å²) in [4.78, 5) is 14.7. The monoisotopic (exact) mass is 456 g/mol. The molecule has 3 atom stereocenters. The smallest absolute Gasteiger partial charge is 0.410 e. The molecule has 0 aliphatic carbocycles. The van der Waals surface area contributed by atoms with Gasteiger partial charge in [-0.3, -0.25) is 4.79 Å². The van der Waals surface area contributed by atoms with E-state index >= 15 is 0 Å². The van der Waals surface area contributed by atoms with Crippen LogP contribution < -0.4 is 10.1 Å². The van der Waals surface area contributed by atoms with E-state index < -0.39 is 24.2 Å². The Bertz CT molecular complexity index is 961. The molecule has 168 valence electrons. The first-order valence-electron chi connectivity index (χ1n) is 10.3. The van der Waals surface area contributed by atoms with Crippen LogP contribution in [0.3, 0.4) is 0 Å². The molecule has 2 aliphatic rings. The Morgan fingerprint density at radius 2 is 1.97 bits per heavy atom. The standard InChI is InChI=1S/C21H24ClF3N4O2/c1-12-5-3-4-10-28(12)20(30)18-17(22)19-26-15(13-6-8-14(31-2)9-7-13)11-16(21(23,24)25)29(19)27-18/h6-9,12,15-16,26H,3-5,10-11H2,1-2H3/t12-,15-,16-/m1/s1. The Labute approximate surface area is 183 Å². The van der Waals surface area contributed by atoms with E-state index in [9.17, 15) is 18.0 Å². The van der Waals surface area contributed by atoms with Gasteiger partial charge in [-0.05, 0) is 43.9 Å². The Kier molecular flexibility index (Phi) is 5.81. The van der Waals surface area contributed by atoms with Crippen molar-refractivity contribution in [2.75, 3.05) is 19.0 Å². The number of anilines is 1. The van der Waals surface area contributed by atoms with Crippen LogP contribution in [0.25, 0.3) is 0 Å². The van der Waals surface area contributed by atoms with Crippen molar-refractivity contribution in [3.63, 3.8) is 0 Å². The van der Waals surface area contributed by atoms with Crippen LogP contribution in [-0.4, -0.2) is 46.5 Å². The van der Waals surface area contributed by atoms with Gasteiger partial charge in [-0.1, -0.05) is 23.7 Å². The molecule has 1 amide bonds. The second-order valence-corrected chi connectivity index (χ2v) is 8.44. The molecule has 4 rings (SSSR count). The fraction of sp³-hybridized carbons (Fsp3) is 0.524. The fourth-order valence-corrected chi connectivity index (χ4v) is 4.58. The number of piperidine rings is 1. The minimum absolute atomic E-state index is 0.00513. The molecule has 3 heterocycles. The predicted molar refractivity (Wildman–Crippen MR) is 111 cm³/mol. The largest absolute Gasteiger partial charge is 0.497 e. The van der Waals surface area contributed by atoms with Gasteiger partial charge in [-0.25, -0.2) is 4.68 Å². The highest BCUT2D eigenvalue weighted by Crippen LogP contribution is 2.46. The predicted octanol–water partition coefficient (Wildman–Crippen LogP) is 5.22. The number of hydrogen-bond donors (Lipinski definition) is 1. The van der Waals surface area contributed by atoms with Crippen molar-refractivity contribution in [1.82, 2.24) is 14.7 Å². The lowest BCUT2D eigenvalue weighted by Gasteiger charge is -2.33. The van der Waals surface area contributed by atoms with Crippen LogP contribution in [-0.2, 0) is 0 Å². The normalized spacial score (nSPS) is 23.8. The number of benzene rings is 1. The van der Waals surface area contributed by atoms with Crippen LogP contribution in [0, 0.1) is 0 Å². The topological polar surface area (TPSA) is 59.4 Å². The molecule has 1 saturated heterocycles. The van der Waals surface area contributed by atoms with Crippen molar-refractivity contribution in [2.45, 2.75) is 56.9 Å². The number of nitrogens with zero attached hydrogens (tertiary/aromatic N) is 3. The van der Waals surface area contributed by atoms with Crippen molar-refractivity contribution >= 4 is 23.3 Å². The number of ether oxygens (including phenoxy) is 1. The van der Waals surface area contributed by atoms with E-state index in [-0.39, 0.29) is 29.0 Å². The van der Waals surface area contributed by atoms with E-state index in [1.54, 1.807) is 29.2 Å². The number of halogens is 4. The molecule has 6 nitrogen and oxygen atoms in total. The van der Waals surface area contributed by atoms with Crippen molar-refractivity contribution in [3.8, 4) is 5.75 Å². The summed E-state index contributed by atoms with van der Waals surface area (Å²) in [6.45, 7) is 2.47. The fourth-order valence-electron chi connectivity index (χ4n) is 4.32.